The van der Waals surface area contributed by atoms with Crippen molar-refractivity contribution in [2.45, 2.75) is 0 Å². The number of non-ortho nitro benzene ring substituents is 1. The van der Waals surface area contributed by atoms with Crippen LogP contribution in [0.4, 0.5) is 10.5 Å². The van der Waals surface area contributed by atoms with E-state index in [1.54, 1.807) is 0 Å². The van der Waals surface area contributed by atoms with E-state index in [-0.39, 0.29) is 23.8 Å². The molecule has 1 aliphatic rings. The summed E-state index contributed by atoms with van der Waals surface area (Å²) in [6.07, 6.45) is 1.16. The number of carbonyl (C=O) groups excluding carboxylic acids is 2. The van der Waals surface area contributed by atoms with Crippen LogP contribution in [0.2, 0.25) is 0 Å². The van der Waals surface area contributed by atoms with Crippen LogP contribution in [0.1, 0.15) is 5.56 Å². The molecule has 1 N–H and O–H groups in total. The molecule has 0 spiro atoms. The fourth-order valence-electron chi connectivity index (χ4n) is 1.67. The Morgan fingerprint density at radius 1 is 1.35 bits per heavy atom. The molecule has 0 bridgehead atoms. The first-order valence-corrected chi connectivity index (χ1v) is 6.32. The van der Waals surface area contributed by atoms with Gasteiger partial charge in [-0.3, -0.25) is 20.2 Å². The molecule has 23 heavy (non-hydrogen) atoms. The molecule has 1 aromatic carbocycles. The normalized spacial score (nSPS) is 14.0. The van der Waals surface area contributed by atoms with E-state index in [4.69, 9.17) is 4.74 Å². The first-order valence-electron chi connectivity index (χ1n) is 6.32. The highest BCUT2D eigenvalue weighted by molar-refractivity contribution is 6.02. The number of rotatable bonds is 6. The van der Waals surface area contributed by atoms with Crippen LogP contribution in [0.15, 0.2) is 48.3 Å². The topological polar surface area (TPSA) is 114 Å². The largest absolute Gasteiger partial charge is 0.456 e. The van der Waals surface area contributed by atoms with Gasteiger partial charge in [0.25, 0.3) is 5.69 Å². The molecular formula is C14H12N4O5. The summed E-state index contributed by atoms with van der Waals surface area (Å²) in [6, 6.07) is 4.98. The average molecular weight is 316 g/mol. The molecule has 118 valence electrons. The second kappa shape index (κ2) is 6.52. The number of ether oxygens (including phenoxy) is 1. The van der Waals surface area contributed by atoms with Crippen molar-refractivity contribution in [2.75, 3.05) is 6.54 Å². The van der Waals surface area contributed by atoms with Crippen molar-refractivity contribution < 1.29 is 19.2 Å². The number of nitrogens with zero attached hydrogens (tertiary/aromatic N) is 3. The van der Waals surface area contributed by atoms with Crippen molar-refractivity contribution in [1.29, 1.82) is 0 Å². The number of allylic oxidation sites excluding steroid dienone is 1. The maximum Gasteiger partial charge on any atom is 0.344 e. The third-order valence-electron chi connectivity index (χ3n) is 2.77. The van der Waals surface area contributed by atoms with Gasteiger partial charge in [-0.25, -0.2) is 9.80 Å². The maximum absolute atomic E-state index is 11.3. The van der Waals surface area contributed by atoms with Gasteiger partial charge in [0, 0.05) is 17.7 Å². The molecule has 1 heterocycles. The predicted octanol–water partition coefficient (Wildman–Crippen LogP) is 1.63. The van der Waals surface area contributed by atoms with Gasteiger partial charge in [0.15, 0.2) is 0 Å². The molecular weight excluding hydrogens is 304 g/mol. The number of amides is 3. The quantitative estimate of drug-likeness (QED) is 0.282. The van der Waals surface area contributed by atoms with Gasteiger partial charge in [0.05, 0.1) is 11.1 Å². The minimum Gasteiger partial charge on any atom is -0.456 e. The van der Waals surface area contributed by atoms with Crippen molar-refractivity contribution in [3.63, 3.8) is 0 Å². The summed E-state index contributed by atoms with van der Waals surface area (Å²) in [5.41, 5.74) is 0.478. The van der Waals surface area contributed by atoms with Gasteiger partial charge < -0.3 is 4.74 Å². The monoisotopic (exact) mass is 316 g/mol. The molecule has 3 amide bonds. The van der Waals surface area contributed by atoms with E-state index < -0.39 is 16.9 Å². The van der Waals surface area contributed by atoms with Gasteiger partial charge in [-0.05, 0) is 12.1 Å². The van der Waals surface area contributed by atoms with Gasteiger partial charge in [0.1, 0.15) is 18.1 Å². The molecule has 2 rings (SSSR count). The smallest absolute Gasteiger partial charge is 0.344 e. The summed E-state index contributed by atoms with van der Waals surface area (Å²) in [7, 11) is 0. The van der Waals surface area contributed by atoms with Crippen molar-refractivity contribution in [3.05, 3.63) is 58.9 Å². The third-order valence-corrected chi connectivity index (χ3v) is 2.77. The van der Waals surface area contributed by atoms with Gasteiger partial charge in [-0.1, -0.05) is 13.2 Å². The number of hydrogen-bond donors (Lipinski definition) is 1. The number of nitro benzene ring substituents is 1. The SMILES string of the molecule is C=C(/C=N/N1CC(=O)NC1=O)OC(=C)c1ccc([N+](=O)[O-])cc1. The molecule has 0 aromatic heterocycles. The van der Waals surface area contributed by atoms with E-state index in [0.717, 1.165) is 11.2 Å². The van der Waals surface area contributed by atoms with Crippen molar-refractivity contribution >= 4 is 29.6 Å². The summed E-state index contributed by atoms with van der Waals surface area (Å²) < 4.78 is 5.31. The lowest BCUT2D eigenvalue weighted by molar-refractivity contribution is -0.384. The molecule has 0 atom stereocenters. The second-order valence-corrected chi connectivity index (χ2v) is 4.45. The molecule has 0 saturated carbocycles. The molecule has 1 saturated heterocycles. The first-order chi connectivity index (χ1) is 10.9. The van der Waals surface area contributed by atoms with Crippen molar-refractivity contribution in [1.82, 2.24) is 10.3 Å². The summed E-state index contributed by atoms with van der Waals surface area (Å²) in [6.45, 7) is 7.10. The Labute approximate surface area is 130 Å². The summed E-state index contributed by atoms with van der Waals surface area (Å²) in [4.78, 5) is 32.3. The zero-order valence-electron chi connectivity index (χ0n) is 11.9. The number of urea groups is 1. The number of benzene rings is 1. The van der Waals surface area contributed by atoms with E-state index in [9.17, 15) is 19.7 Å². The Morgan fingerprint density at radius 3 is 2.52 bits per heavy atom. The van der Waals surface area contributed by atoms with E-state index in [1.165, 1.54) is 24.3 Å². The van der Waals surface area contributed by atoms with E-state index in [0.29, 0.717) is 5.56 Å². The zero-order valence-corrected chi connectivity index (χ0v) is 11.9. The van der Waals surface area contributed by atoms with E-state index in [2.05, 4.69) is 23.6 Å². The van der Waals surface area contributed by atoms with Crippen LogP contribution < -0.4 is 5.32 Å². The highest BCUT2D eigenvalue weighted by atomic mass is 16.6. The number of carbonyl (C=O) groups is 2. The molecule has 0 unspecified atom stereocenters. The lowest BCUT2D eigenvalue weighted by Crippen LogP contribution is -2.24. The number of imide groups is 1. The highest BCUT2D eigenvalue weighted by Crippen LogP contribution is 2.19. The lowest BCUT2D eigenvalue weighted by atomic mass is 10.2. The van der Waals surface area contributed by atoms with Gasteiger partial charge in [-0.2, -0.15) is 5.10 Å². The average Bonchev–Trinajstić information content (AvgIpc) is 2.83. The highest BCUT2D eigenvalue weighted by Gasteiger charge is 2.25. The number of nitrogens with one attached hydrogen (secondary N) is 1. The third kappa shape index (κ3) is 4.00. The molecule has 9 heteroatoms. The first kappa shape index (κ1) is 15.9. The second-order valence-electron chi connectivity index (χ2n) is 4.45. The van der Waals surface area contributed by atoms with Crippen molar-refractivity contribution in [3.8, 4) is 0 Å². The standard InChI is InChI=1S/C14H12N4O5/c1-9(7-15-17-8-13(19)16-14(17)20)23-10(2)11-3-5-12(6-4-11)18(21)22/h3-7H,1-2,8H2,(H,16,19,20)/b15-7+. The molecule has 1 aromatic rings. The Kier molecular flexibility index (Phi) is 4.50. The van der Waals surface area contributed by atoms with Crippen LogP contribution in [0.3, 0.4) is 0 Å². The minimum atomic E-state index is -0.631. The Bertz CT molecular complexity index is 723. The molecule has 0 aliphatic carbocycles. The van der Waals surface area contributed by atoms with Gasteiger partial charge in [-0.15, -0.1) is 0 Å². The minimum absolute atomic E-state index is 0.0494. The molecule has 1 fully saturated rings. The van der Waals surface area contributed by atoms with Crippen LogP contribution in [0.5, 0.6) is 0 Å². The Morgan fingerprint density at radius 2 is 2.00 bits per heavy atom. The van der Waals surface area contributed by atoms with Crippen LogP contribution in [0.25, 0.3) is 5.76 Å². The van der Waals surface area contributed by atoms with Crippen LogP contribution in [-0.4, -0.2) is 34.6 Å². The predicted molar refractivity (Wildman–Crippen MR) is 81.1 cm³/mol. The Hall–Kier alpha value is -3.49. The molecule has 1 aliphatic heterocycles. The summed E-state index contributed by atoms with van der Waals surface area (Å²) in [5, 5.41) is 17.3. The summed E-state index contributed by atoms with van der Waals surface area (Å²) in [5.74, 6) is -0.159. The van der Waals surface area contributed by atoms with Gasteiger partial charge in [0.2, 0.25) is 5.91 Å². The molecule has 9 nitrogen and oxygen atoms in total. The fraction of sp³-hybridized carbons (Fsp3) is 0.0714. The van der Waals surface area contributed by atoms with Crippen LogP contribution in [0, 0.1) is 10.1 Å². The number of hydrazone groups is 1. The van der Waals surface area contributed by atoms with E-state index in [1.807, 2.05) is 0 Å². The maximum atomic E-state index is 11.3. The van der Waals surface area contributed by atoms with E-state index >= 15 is 0 Å². The lowest BCUT2D eigenvalue weighted by Gasteiger charge is -2.09. The number of nitro groups is 1. The van der Waals surface area contributed by atoms with Crippen LogP contribution in [-0.2, 0) is 9.53 Å². The fourth-order valence-corrected chi connectivity index (χ4v) is 1.67. The number of hydrogen-bond acceptors (Lipinski definition) is 6. The Balaban J connectivity index is 1.94. The molecule has 0 radical (unpaired) electrons. The summed E-state index contributed by atoms with van der Waals surface area (Å²) >= 11 is 0. The van der Waals surface area contributed by atoms with Gasteiger partial charge >= 0.3 is 6.03 Å². The zero-order chi connectivity index (χ0) is 17.0. The van der Waals surface area contributed by atoms with Crippen LogP contribution >= 0.6 is 0 Å². The van der Waals surface area contributed by atoms with Crippen molar-refractivity contribution in [2.24, 2.45) is 5.10 Å².